The Kier molecular flexibility index (Phi) is 8.34. The van der Waals surface area contributed by atoms with E-state index >= 15 is 0 Å². The minimum absolute atomic E-state index is 0.0141. The van der Waals surface area contributed by atoms with E-state index in [2.05, 4.69) is 0 Å². The van der Waals surface area contributed by atoms with Crippen molar-refractivity contribution in [3.05, 3.63) is 117 Å². The van der Waals surface area contributed by atoms with E-state index in [0.717, 1.165) is 32.8 Å². The van der Waals surface area contributed by atoms with Crippen LogP contribution < -0.4 is 9.64 Å². The Morgan fingerprint density at radius 2 is 1.70 bits per heavy atom. The Labute approximate surface area is 259 Å². The van der Waals surface area contributed by atoms with Crippen molar-refractivity contribution >= 4 is 46.5 Å². The lowest BCUT2D eigenvalue weighted by atomic mass is 9.96. The van der Waals surface area contributed by atoms with Gasteiger partial charge in [0, 0.05) is 34.2 Å². The van der Waals surface area contributed by atoms with Gasteiger partial charge in [-0.3, -0.25) is 14.5 Å². The van der Waals surface area contributed by atoms with Gasteiger partial charge in [-0.15, -0.1) is 11.3 Å². The van der Waals surface area contributed by atoms with Crippen LogP contribution in [-0.2, 0) is 33.8 Å². The van der Waals surface area contributed by atoms with Crippen LogP contribution in [-0.4, -0.2) is 36.4 Å². The molecule has 220 valence electrons. The van der Waals surface area contributed by atoms with Crippen LogP contribution in [0.15, 0.2) is 78.9 Å². The number of ether oxygens (including phenoxy) is 2. The van der Waals surface area contributed by atoms with Gasteiger partial charge < -0.3 is 14.4 Å². The molecular weight excluding hydrogens is 584 g/mol. The number of carbonyl (C=O) groups is 3. The van der Waals surface area contributed by atoms with Crippen molar-refractivity contribution in [2.75, 3.05) is 18.6 Å². The first-order valence-electron chi connectivity index (χ1n) is 14.3. The highest BCUT2D eigenvalue weighted by Gasteiger charge is 2.34. The fraction of sp³-hybridized carbons (Fsp3) is 0.265. The summed E-state index contributed by atoms with van der Waals surface area (Å²) in [5.41, 5.74) is 5.11. The second kappa shape index (κ2) is 12.3. The minimum Gasteiger partial charge on any atom is -0.468 e. The first-order valence-corrected chi connectivity index (χ1v) is 15.5. The fourth-order valence-corrected chi connectivity index (χ4v) is 7.19. The third kappa shape index (κ3) is 5.70. The van der Waals surface area contributed by atoms with Gasteiger partial charge in [-0.25, -0.2) is 4.79 Å². The average molecular weight is 615 g/mol. The molecule has 0 spiro atoms. The topological polar surface area (TPSA) is 76.2 Å². The highest BCUT2D eigenvalue weighted by atomic mass is 35.5. The smallest absolute Gasteiger partial charge is 0.327 e. The van der Waals surface area contributed by atoms with Gasteiger partial charge in [-0.1, -0.05) is 67.1 Å². The third-order valence-corrected chi connectivity index (χ3v) is 9.64. The first-order chi connectivity index (χ1) is 20.9. The standard InChI is InChI=1S/C34H31ClN2O5S/c1-3-25(21-12-14-24(15-13-21)37-20-22-8-4-5-9-26(22)32(37)38)33(39)42-30-18-23-19-36(17-16-29(23)43-30)31(34(40)41-2)27-10-6-7-11-28(27)35/h4-15,18,25,31H,3,16-17,19-20H2,1-2H3/t25?,31-/m0/s1. The van der Waals surface area contributed by atoms with Gasteiger partial charge in [0.1, 0.15) is 6.04 Å². The van der Waals surface area contributed by atoms with E-state index < -0.39 is 12.0 Å². The summed E-state index contributed by atoms with van der Waals surface area (Å²) in [7, 11) is 1.38. The number of carbonyl (C=O) groups excluding carboxylic acids is 3. The number of hydrogen-bond acceptors (Lipinski definition) is 7. The number of rotatable bonds is 8. The van der Waals surface area contributed by atoms with Gasteiger partial charge in [0.2, 0.25) is 0 Å². The largest absolute Gasteiger partial charge is 0.468 e. The summed E-state index contributed by atoms with van der Waals surface area (Å²) in [5, 5.41) is 1.05. The summed E-state index contributed by atoms with van der Waals surface area (Å²) in [5.74, 6) is -1.15. The summed E-state index contributed by atoms with van der Waals surface area (Å²) in [6.07, 6.45) is 1.29. The Morgan fingerprint density at radius 1 is 0.953 bits per heavy atom. The first kappa shape index (κ1) is 29.1. The molecule has 1 amide bonds. The molecule has 3 heterocycles. The lowest BCUT2D eigenvalue weighted by molar-refractivity contribution is -0.147. The number of anilines is 1. The summed E-state index contributed by atoms with van der Waals surface area (Å²) < 4.78 is 11.0. The van der Waals surface area contributed by atoms with Crippen LogP contribution in [0.1, 0.15) is 62.8 Å². The fourth-order valence-electron chi connectivity index (χ4n) is 5.94. The van der Waals surface area contributed by atoms with Crippen LogP contribution in [0.3, 0.4) is 0 Å². The summed E-state index contributed by atoms with van der Waals surface area (Å²) in [6, 6.07) is 23.8. The molecular formula is C34H31ClN2O5S. The Morgan fingerprint density at radius 3 is 2.42 bits per heavy atom. The van der Waals surface area contributed by atoms with E-state index in [1.54, 1.807) is 11.0 Å². The van der Waals surface area contributed by atoms with Crippen molar-refractivity contribution in [3.8, 4) is 5.06 Å². The second-order valence-corrected chi connectivity index (χ2v) is 12.2. The minimum atomic E-state index is -0.629. The quantitative estimate of drug-likeness (QED) is 0.200. The molecule has 6 rings (SSSR count). The van der Waals surface area contributed by atoms with Gasteiger partial charge in [0.25, 0.3) is 5.91 Å². The van der Waals surface area contributed by atoms with Gasteiger partial charge in [0.05, 0.1) is 19.6 Å². The molecule has 0 saturated carbocycles. The van der Waals surface area contributed by atoms with Crippen LogP contribution in [0.2, 0.25) is 5.02 Å². The number of nitrogens with zero attached hydrogens (tertiary/aromatic N) is 2. The monoisotopic (exact) mass is 614 g/mol. The van der Waals surface area contributed by atoms with E-state index in [-0.39, 0.29) is 17.8 Å². The van der Waals surface area contributed by atoms with Crippen molar-refractivity contribution in [2.45, 2.75) is 44.8 Å². The SMILES string of the molecule is CCC(C(=O)Oc1cc2c(s1)CCN([C@H](C(=O)OC)c1ccccc1Cl)C2)c1ccc(N2Cc3ccccc3C2=O)cc1. The predicted molar refractivity (Wildman–Crippen MR) is 167 cm³/mol. The number of amides is 1. The molecule has 7 nitrogen and oxygen atoms in total. The normalized spacial score (nSPS) is 15.9. The molecule has 0 bridgehead atoms. The van der Waals surface area contributed by atoms with E-state index in [1.165, 1.54) is 18.4 Å². The van der Waals surface area contributed by atoms with Crippen LogP contribution in [0.25, 0.3) is 0 Å². The molecule has 0 radical (unpaired) electrons. The number of benzene rings is 3. The molecule has 4 aromatic rings. The van der Waals surface area contributed by atoms with Crippen molar-refractivity contribution < 1.29 is 23.9 Å². The molecule has 9 heteroatoms. The van der Waals surface area contributed by atoms with Crippen LogP contribution >= 0.6 is 22.9 Å². The zero-order chi connectivity index (χ0) is 30.1. The highest BCUT2D eigenvalue weighted by Crippen LogP contribution is 2.39. The van der Waals surface area contributed by atoms with Crippen LogP contribution in [0, 0.1) is 0 Å². The molecule has 1 unspecified atom stereocenters. The van der Waals surface area contributed by atoms with E-state index in [4.69, 9.17) is 21.1 Å². The number of thiophene rings is 1. The predicted octanol–water partition coefficient (Wildman–Crippen LogP) is 6.93. The van der Waals surface area contributed by atoms with Crippen LogP contribution in [0.4, 0.5) is 5.69 Å². The van der Waals surface area contributed by atoms with Crippen molar-refractivity contribution in [1.82, 2.24) is 4.90 Å². The molecule has 2 aliphatic rings. The zero-order valence-electron chi connectivity index (χ0n) is 23.9. The molecule has 0 N–H and O–H groups in total. The zero-order valence-corrected chi connectivity index (χ0v) is 25.5. The van der Waals surface area contributed by atoms with Gasteiger partial charge >= 0.3 is 11.9 Å². The number of hydrogen-bond donors (Lipinski definition) is 0. The molecule has 0 aliphatic carbocycles. The second-order valence-electron chi connectivity index (χ2n) is 10.7. The van der Waals surface area contributed by atoms with E-state index in [9.17, 15) is 14.4 Å². The highest BCUT2D eigenvalue weighted by molar-refractivity contribution is 7.14. The van der Waals surface area contributed by atoms with Crippen LogP contribution in [0.5, 0.6) is 5.06 Å². The van der Waals surface area contributed by atoms with Crippen molar-refractivity contribution in [3.63, 3.8) is 0 Å². The Bertz CT molecular complexity index is 1680. The van der Waals surface area contributed by atoms with Gasteiger partial charge in [-0.2, -0.15) is 0 Å². The number of esters is 2. The summed E-state index contributed by atoms with van der Waals surface area (Å²) in [4.78, 5) is 44.0. The number of methoxy groups -OCH3 is 1. The maximum absolute atomic E-state index is 13.4. The van der Waals surface area contributed by atoms with Crippen molar-refractivity contribution in [1.29, 1.82) is 0 Å². The van der Waals surface area contributed by atoms with E-state index in [1.807, 2.05) is 84.6 Å². The van der Waals surface area contributed by atoms with Crippen molar-refractivity contribution in [2.24, 2.45) is 0 Å². The molecule has 3 aromatic carbocycles. The van der Waals surface area contributed by atoms with Gasteiger partial charge in [-0.05, 0) is 65.4 Å². The molecule has 0 saturated heterocycles. The Balaban J connectivity index is 1.14. The molecule has 1 aromatic heterocycles. The third-order valence-electron chi connectivity index (χ3n) is 8.19. The maximum atomic E-state index is 13.4. The maximum Gasteiger partial charge on any atom is 0.327 e. The Hall–Kier alpha value is -3.98. The molecule has 43 heavy (non-hydrogen) atoms. The van der Waals surface area contributed by atoms with E-state index in [0.29, 0.717) is 48.1 Å². The lowest BCUT2D eigenvalue weighted by Gasteiger charge is -2.33. The van der Waals surface area contributed by atoms with Gasteiger partial charge in [0.15, 0.2) is 5.06 Å². The lowest BCUT2D eigenvalue weighted by Crippen LogP contribution is -2.38. The molecule has 2 aliphatic heterocycles. The average Bonchev–Trinajstić information content (AvgIpc) is 3.58. The number of fused-ring (bicyclic) bond motifs is 2. The summed E-state index contributed by atoms with van der Waals surface area (Å²) in [6.45, 7) is 3.64. The molecule has 0 fully saturated rings. The molecule has 2 atom stereocenters. The summed E-state index contributed by atoms with van der Waals surface area (Å²) >= 11 is 7.93. The number of halogens is 1.